The van der Waals surface area contributed by atoms with E-state index in [9.17, 15) is 5.11 Å². The van der Waals surface area contributed by atoms with Crippen LogP contribution in [0.4, 0.5) is 0 Å². The van der Waals surface area contributed by atoms with Crippen LogP contribution in [-0.2, 0) is 6.61 Å². The monoisotopic (exact) mass is 285 g/mol. The Labute approximate surface area is 126 Å². The highest BCUT2D eigenvalue weighted by atomic mass is 16.5. The van der Waals surface area contributed by atoms with Gasteiger partial charge in [0.15, 0.2) is 0 Å². The first kappa shape index (κ1) is 15.5. The zero-order chi connectivity index (χ0) is 15.1. The highest BCUT2D eigenvalue weighted by molar-refractivity contribution is 5.36. The van der Waals surface area contributed by atoms with Gasteiger partial charge in [0.1, 0.15) is 12.4 Å². The van der Waals surface area contributed by atoms with Crippen LogP contribution in [-0.4, -0.2) is 11.2 Å². The van der Waals surface area contributed by atoms with Crippen molar-refractivity contribution in [2.45, 2.75) is 38.5 Å². The lowest BCUT2D eigenvalue weighted by Gasteiger charge is -2.21. The van der Waals surface area contributed by atoms with E-state index in [0.29, 0.717) is 13.0 Å². The number of para-hydroxylation sites is 1. The third kappa shape index (κ3) is 4.31. The highest BCUT2D eigenvalue weighted by Gasteiger charge is 2.19. The minimum Gasteiger partial charge on any atom is -0.489 e. The van der Waals surface area contributed by atoms with Gasteiger partial charge >= 0.3 is 0 Å². The van der Waals surface area contributed by atoms with Crippen molar-refractivity contribution in [1.82, 2.24) is 0 Å². The quantitative estimate of drug-likeness (QED) is 0.819. The van der Waals surface area contributed by atoms with E-state index >= 15 is 0 Å². The van der Waals surface area contributed by atoms with Crippen molar-refractivity contribution < 1.29 is 9.84 Å². The summed E-state index contributed by atoms with van der Waals surface area (Å²) in [7, 11) is 0. The van der Waals surface area contributed by atoms with E-state index in [0.717, 1.165) is 23.3 Å². The largest absolute Gasteiger partial charge is 0.489 e. The summed E-state index contributed by atoms with van der Waals surface area (Å²) in [6.07, 6.45) is 1.05. The molecule has 2 aromatic rings. The van der Waals surface area contributed by atoms with E-state index in [-0.39, 0.29) is 0 Å². The van der Waals surface area contributed by atoms with Crippen LogP contribution in [0.15, 0.2) is 54.6 Å². The predicted molar refractivity (Wildman–Crippen MR) is 85.1 cm³/mol. The molecule has 0 fully saturated rings. The molecule has 0 aliphatic rings. The molecule has 3 N–H and O–H groups in total. The lowest BCUT2D eigenvalue weighted by Crippen LogP contribution is -2.26. The van der Waals surface area contributed by atoms with E-state index in [1.165, 1.54) is 0 Å². The molecule has 0 bridgehead atoms. The Morgan fingerprint density at radius 3 is 2.43 bits per heavy atom. The molecule has 0 amide bonds. The minimum absolute atomic E-state index is 0.420. The van der Waals surface area contributed by atoms with Crippen molar-refractivity contribution in [3.63, 3.8) is 0 Å². The summed E-state index contributed by atoms with van der Waals surface area (Å²) >= 11 is 0. The molecule has 0 spiro atoms. The number of benzene rings is 2. The molecule has 2 atom stereocenters. The first-order chi connectivity index (χ1) is 10.2. The van der Waals surface area contributed by atoms with Crippen molar-refractivity contribution in [1.29, 1.82) is 0 Å². The van der Waals surface area contributed by atoms with E-state index in [1.807, 2.05) is 61.5 Å². The van der Waals surface area contributed by atoms with E-state index < -0.39 is 12.1 Å². The molecule has 0 saturated carbocycles. The molecular weight excluding hydrogens is 262 g/mol. The standard InChI is InChI=1S/C18H23NO2/c1-2-8-16(20)18(19)15-11-6-7-12-17(15)21-13-14-9-4-3-5-10-14/h3-7,9-12,16,18,20H,2,8,13,19H2,1H3/t16-,18+/m0/s1. The Balaban J connectivity index is 2.09. The van der Waals surface area contributed by atoms with Crippen LogP contribution in [0.1, 0.15) is 36.9 Å². The predicted octanol–water partition coefficient (Wildman–Crippen LogP) is 3.43. The number of nitrogens with two attached hydrogens (primary N) is 1. The Morgan fingerprint density at radius 1 is 1.05 bits per heavy atom. The molecule has 0 heterocycles. The van der Waals surface area contributed by atoms with Crippen molar-refractivity contribution in [3.05, 3.63) is 65.7 Å². The molecule has 0 unspecified atom stereocenters. The second-order valence-corrected chi connectivity index (χ2v) is 5.19. The first-order valence-electron chi connectivity index (χ1n) is 7.41. The lowest BCUT2D eigenvalue weighted by atomic mass is 9.98. The SMILES string of the molecule is CCC[C@H](O)[C@H](N)c1ccccc1OCc1ccccc1. The van der Waals surface area contributed by atoms with E-state index in [4.69, 9.17) is 10.5 Å². The molecule has 0 saturated heterocycles. The fourth-order valence-electron chi connectivity index (χ4n) is 2.31. The molecule has 0 aromatic heterocycles. The molecule has 3 nitrogen and oxygen atoms in total. The number of hydrogen-bond acceptors (Lipinski definition) is 3. The Bertz CT molecular complexity index is 542. The minimum atomic E-state index is -0.545. The van der Waals surface area contributed by atoms with Crippen molar-refractivity contribution in [3.8, 4) is 5.75 Å². The summed E-state index contributed by atoms with van der Waals surface area (Å²) in [5, 5.41) is 10.1. The maximum absolute atomic E-state index is 10.1. The van der Waals surface area contributed by atoms with Crippen LogP contribution in [0.2, 0.25) is 0 Å². The number of rotatable bonds is 7. The molecule has 21 heavy (non-hydrogen) atoms. The molecule has 2 aromatic carbocycles. The first-order valence-corrected chi connectivity index (χ1v) is 7.41. The molecule has 2 rings (SSSR count). The molecule has 112 valence electrons. The summed E-state index contributed by atoms with van der Waals surface area (Å²) < 4.78 is 5.88. The normalized spacial score (nSPS) is 13.7. The van der Waals surface area contributed by atoms with Gasteiger partial charge in [-0.25, -0.2) is 0 Å². The lowest BCUT2D eigenvalue weighted by molar-refractivity contribution is 0.132. The van der Waals surface area contributed by atoms with Crippen LogP contribution in [0.3, 0.4) is 0 Å². The Hall–Kier alpha value is -1.84. The Morgan fingerprint density at radius 2 is 1.71 bits per heavy atom. The van der Waals surface area contributed by atoms with Crippen LogP contribution >= 0.6 is 0 Å². The fourth-order valence-corrected chi connectivity index (χ4v) is 2.31. The third-order valence-corrected chi connectivity index (χ3v) is 3.51. The van der Waals surface area contributed by atoms with Gasteiger partial charge in [-0.3, -0.25) is 0 Å². The van der Waals surface area contributed by atoms with Gasteiger partial charge in [-0.15, -0.1) is 0 Å². The van der Waals surface area contributed by atoms with Crippen LogP contribution in [0.5, 0.6) is 5.75 Å². The molecule has 0 aliphatic carbocycles. The van der Waals surface area contributed by atoms with Gasteiger partial charge < -0.3 is 15.6 Å². The summed E-state index contributed by atoms with van der Waals surface area (Å²) in [5.74, 6) is 0.740. The average molecular weight is 285 g/mol. The molecular formula is C18H23NO2. The topological polar surface area (TPSA) is 55.5 Å². The Kier molecular flexibility index (Phi) is 5.78. The maximum Gasteiger partial charge on any atom is 0.124 e. The number of aliphatic hydroxyl groups is 1. The second-order valence-electron chi connectivity index (χ2n) is 5.19. The zero-order valence-electron chi connectivity index (χ0n) is 12.4. The van der Waals surface area contributed by atoms with Crippen molar-refractivity contribution in [2.75, 3.05) is 0 Å². The van der Waals surface area contributed by atoms with Gasteiger partial charge in [0.25, 0.3) is 0 Å². The average Bonchev–Trinajstić information content (AvgIpc) is 2.54. The summed E-state index contributed by atoms with van der Waals surface area (Å²) in [4.78, 5) is 0. The van der Waals surface area contributed by atoms with Gasteiger partial charge in [-0.1, -0.05) is 61.9 Å². The van der Waals surface area contributed by atoms with Gasteiger partial charge in [-0.05, 0) is 18.1 Å². The van der Waals surface area contributed by atoms with E-state index in [1.54, 1.807) is 0 Å². The third-order valence-electron chi connectivity index (χ3n) is 3.51. The van der Waals surface area contributed by atoms with Crippen LogP contribution in [0.25, 0.3) is 0 Å². The van der Waals surface area contributed by atoms with Crippen molar-refractivity contribution in [2.24, 2.45) is 5.73 Å². The molecule has 0 radical (unpaired) electrons. The van der Waals surface area contributed by atoms with Gasteiger partial charge in [-0.2, -0.15) is 0 Å². The van der Waals surface area contributed by atoms with Gasteiger partial charge in [0, 0.05) is 5.56 Å². The molecule has 0 aliphatic heterocycles. The summed E-state index contributed by atoms with van der Waals surface area (Å²) in [6, 6.07) is 17.2. The second kappa shape index (κ2) is 7.81. The smallest absolute Gasteiger partial charge is 0.124 e. The number of ether oxygens (including phenoxy) is 1. The van der Waals surface area contributed by atoms with Crippen LogP contribution in [0, 0.1) is 0 Å². The summed E-state index contributed by atoms with van der Waals surface area (Å²) in [5.41, 5.74) is 8.13. The number of hydrogen-bond donors (Lipinski definition) is 2. The van der Waals surface area contributed by atoms with Crippen LogP contribution < -0.4 is 10.5 Å². The van der Waals surface area contributed by atoms with Gasteiger partial charge in [0.05, 0.1) is 12.1 Å². The summed E-state index contributed by atoms with van der Waals surface area (Å²) in [6.45, 7) is 2.53. The number of aliphatic hydroxyl groups excluding tert-OH is 1. The zero-order valence-corrected chi connectivity index (χ0v) is 12.4. The maximum atomic E-state index is 10.1. The molecule has 3 heteroatoms. The van der Waals surface area contributed by atoms with Gasteiger partial charge in [0.2, 0.25) is 0 Å². The fraction of sp³-hybridized carbons (Fsp3) is 0.333. The highest BCUT2D eigenvalue weighted by Crippen LogP contribution is 2.27. The van der Waals surface area contributed by atoms with Crippen molar-refractivity contribution >= 4 is 0 Å². The van der Waals surface area contributed by atoms with E-state index in [2.05, 4.69) is 0 Å².